The van der Waals surface area contributed by atoms with Gasteiger partial charge >= 0.3 is 6.18 Å². The Hall–Kier alpha value is -4.42. The van der Waals surface area contributed by atoms with E-state index in [9.17, 15) is 18.0 Å². The second-order valence-electron chi connectivity index (χ2n) is 8.33. The molecule has 0 atom stereocenters. The number of aryl methyl sites for hydroxylation is 1. The standard InChI is InChI=1S/C25H28F3N7O3/c1-14(29)18(11-31-7-5-6-25(26,27)28)19-12-32-23(30)22(33-19)20-13-35(2)24(36)21(34-20)15-8-16(37-3)10-17(9-15)38-4/h8-13H,5-7,29H2,1-4H3,(H2,30,32). The lowest BCUT2D eigenvalue weighted by atomic mass is 10.1. The fourth-order valence-electron chi connectivity index (χ4n) is 3.47. The average Bonchev–Trinajstić information content (AvgIpc) is 2.87. The number of alkyl halides is 3. The number of nitrogens with two attached hydrogens (primary N) is 2. The fraction of sp³-hybridized carbons (Fsp3) is 0.320. The third-order valence-corrected chi connectivity index (χ3v) is 5.41. The maximum absolute atomic E-state index is 13.0. The van der Waals surface area contributed by atoms with Gasteiger partial charge < -0.3 is 25.5 Å². The van der Waals surface area contributed by atoms with Gasteiger partial charge in [-0.1, -0.05) is 0 Å². The van der Waals surface area contributed by atoms with Crippen molar-refractivity contribution in [1.82, 2.24) is 19.5 Å². The summed E-state index contributed by atoms with van der Waals surface area (Å²) in [6, 6.07) is 4.96. The first-order chi connectivity index (χ1) is 17.9. The molecule has 4 N–H and O–H groups in total. The Morgan fingerprint density at radius 2 is 1.79 bits per heavy atom. The topological polar surface area (TPSA) is 144 Å². The number of aromatic nitrogens is 4. The van der Waals surface area contributed by atoms with Crippen molar-refractivity contribution in [2.75, 3.05) is 26.5 Å². The Kier molecular flexibility index (Phi) is 8.71. The summed E-state index contributed by atoms with van der Waals surface area (Å²) in [5.74, 6) is 0.987. The number of aliphatic imine (C=N–C) groups is 1. The molecule has 2 aromatic heterocycles. The SMILES string of the molecule is COc1cc(OC)cc(-c2nc(-c3nc(C(C=NCCCC(F)(F)F)=C(C)N)cnc3N)cn(C)c2=O)c1. The van der Waals surface area contributed by atoms with Crippen molar-refractivity contribution in [2.45, 2.75) is 25.9 Å². The average molecular weight is 532 g/mol. The Morgan fingerprint density at radius 1 is 1.13 bits per heavy atom. The normalized spacial score (nSPS) is 12.5. The zero-order valence-electron chi connectivity index (χ0n) is 21.3. The highest BCUT2D eigenvalue weighted by Gasteiger charge is 2.25. The summed E-state index contributed by atoms with van der Waals surface area (Å²) in [5.41, 5.74) is 13.7. The molecule has 0 amide bonds. The van der Waals surface area contributed by atoms with Crippen LogP contribution in [0.4, 0.5) is 19.0 Å². The summed E-state index contributed by atoms with van der Waals surface area (Å²) in [5, 5.41) is 0. The largest absolute Gasteiger partial charge is 0.497 e. The molecule has 10 nitrogen and oxygen atoms in total. The summed E-state index contributed by atoms with van der Waals surface area (Å²) in [7, 11) is 4.55. The first-order valence-electron chi connectivity index (χ1n) is 11.4. The highest BCUT2D eigenvalue weighted by Crippen LogP contribution is 2.29. The zero-order chi connectivity index (χ0) is 28.0. The molecule has 0 saturated carbocycles. The number of halogens is 3. The van der Waals surface area contributed by atoms with Crippen LogP contribution in [-0.2, 0) is 7.05 Å². The van der Waals surface area contributed by atoms with Gasteiger partial charge in [-0.25, -0.2) is 15.0 Å². The molecular formula is C25H28F3N7O3. The monoisotopic (exact) mass is 531 g/mol. The van der Waals surface area contributed by atoms with Gasteiger partial charge in [-0.3, -0.25) is 9.79 Å². The number of hydrogen-bond acceptors (Lipinski definition) is 9. The number of rotatable bonds is 9. The number of anilines is 1. The van der Waals surface area contributed by atoms with Crippen molar-refractivity contribution < 1.29 is 22.6 Å². The van der Waals surface area contributed by atoms with Crippen LogP contribution in [0.15, 0.2) is 46.1 Å². The maximum Gasteiger partial charge on any atom is 0.389 e. The van der Waals surface area contributed by atoms with Crippen molar-refractivity contribution >= 4 is 17.6 Å². The van der Waals surface area contributed by atoms with Gasteiger partial charge in [0.1, 0.15) is 28.6 Å². The van der Waals surface area contributed by atoms with E-state index in [4.69, 9.17) is 20.9 Å². The van der Waals surface area contributed by atoms with Gasteiger partial charge in [0.05, 0.1) is 26.1 Å². The predicted molar refractivity (Wildman–Crippen MR) is 139 cm³/mol. The molecule has 1 aromatic carbocycles. The molecule has 0 fully saturated rings. The van der Waals surface area contributed by atoms with E-state index in [-0.39, 0.29) is 47.1 Å². The van der Waals surface area contributed by atoms with Crippen LogP contribution in [0.3, 0.4) is 0 Å². The number of nitrogen functional groups attached to an aromatic ring is 1. The van der Waals surface area contributed by atoms with Gasteiger partial charge in [0.2, 0.25) is 0 Å². The number of nitrogens with zero attached hydrogens (tertiary/aromatic N) is 5. The minimum absolute atomic E-state index is 0.0404. The van der Waals surface area contributed by atoms with Crippen molar-refractivity contribution in [1.29, 1.82) is 0 Å². The molecule has 0 spiro atoms. The Bertz CT molecular complexity index is 1410. The number of ether oxygens (including phenoxy) is 2. The number of methoxy groups -OCH3 is 2. The molecule has 0 unspecified atom stereocenters. The molecule has 0 bridgehead atoms. The summed E-state index contributed by atoms with van der Waals surface area (Å²) >= 11 is 0. The van der Waals surface area contributed by atoms with E-state index in [1.54, 1.807) is 32.2 Å². The summed E-state index contributed by atoms with van der Waals surface area (Å²) in [6.07, 6.45) is -1.13. The third kappa shape index (κ3) is 6.87. The minimum atomic E-state index is -4.24. The van der Waals surface area contributed by atoms with E-state index in [0.29, 0.717) is 28.3 Å². The molecule has 38 heavy (non-hydrogen) atoms. The third-order valence-electron chi connectivity index (χ3n) is 5.41. The molecule has 0 saturated heterocycles. The summed E-state index contributed by atoms with van der Waals surface area (Å²) < 4.78 is 49.1. The van der Waals surface area contributed by atoms with E-state index in [1.165, 1.54) is 37.4 Å². The minimum Gasteiger partial charge on any atom is -0.497 e. The molecule has 0 aliphatic heterocycles. The van der Waals surface area contributed by atoms with Crippen LogP contribution < -0.4 is 26.5 Å². The lowest BCUT2D eigenvalue weighted by Crippen LogP contribution is -2.21. The summed E-state index contributed by atoms with van der Waals surface area (Å²) in [4.78, 5) is 30.3. The van der Waals surface area contributed by atoms with Crippen LogP contribution in [0, 0.1) is 0 Å². The maximum atomic E-state index is 13.0. The molecule has 0 aliphatic carbocycles. The highest BCUT2D eigenvalue weighted by molar-refractivity contribution is 6.10. The lowest BCUT2D eigenvalue weighted by Gasteiger charge is -2.12. The Morgan fingerprint density at radius 3 is 2.37 bits per heavy atom. The highest BCUT2D eigenvalue weighted by atomic mass is 19.4. The number of hydrogen-bond donors (Lipinski definition) is 2. The molecule has 0 radical (unpaired) electrons. The molecule has 202 valence electrons. The Balaban J connectivity index is 2.04. The van der Waals surface area contributed by atoms with Gasteiger partial charge in [0, 0.05) is 55.3 Å². The van der Waals surface area contributed by atoms with E-state index in [2.05, 4.69) is 19.9 Å². The van der Waals surface area contributed by atoms with Crippen LogP contribution in [0.25, 0.3) is 28.2 Å². The Labute approximate surface area is 216 Å². The quantitative estimate of drug-likeness (QED) is 0.315. The van der Waals surface area contributed by atoms with Crippen LogP contribution in [-0.4, -0.2) is 52.7 Å². The van der Waals surface area contributed by atoms with Crippen LogP contribution in [0.5, 0.6) is 11.5 Å². The van der Waals surface area contributed by atoms with E-state index in [1.807, 2.05) is 0 Å². The smallest absolute Gasteiger partial charge is 0.389 e. The van der Waals surface area contributed by atoms with Crippen molar-refractivity contribution in [3.8, 4) is 34.1 Å². The van der Waals surface area contributed by atoms with Gasteiger partial charge in [-0.15, -0.1) is 0 Å². The first kappa shape index (κ1) is 28.2. The van der Waals surface area contributed by atoms with Gasteiger partial charge in [0.15, 0.2) is 5.82 Å². The van der Waals surface area contributed by atoms with Crippen LogP contribution >= 0.6 is 0 Å². The van der Waals surface area contributed by atoms with Crippen LogP contribution in [0.2, 0.25) is 0 Å². The molecular weight excluding hydrogens is 503 g/mol. The second kappa shape index (κ2) is 11.8. The zero-order valence-corrected chi connectivity index (χ0v) is 21.3. The van der Waals surface area contributed by atoms with E-state index >= 15 is 0 Å². The number of allylic oxidation sites excluding steroid dienone is 2. The van der Waals surface area contributed by atoms with Crippen LogP contribution in [0.1, 0.15) is 25.5 Å². The molecule has 0 aliphatic rings. The van der Waals surface area contributed by atoms with Gasteiger partial charge in [-0.05, 0) is 25.5 Å². The molecule has 13 heteroatoms. The summed E-state index contributed by atoms with van der Waals surface area (Å²) in [6.45, 7) is 1.56. The van der Waals surface area contributed by atoms with Gasteiger partial charge in [0.25, 0.3) is 5.56 Å². The van der Waals surface area contributed by atoms with E-state index in [0.717, 1.165) is 0 Å². The first-order valence-corrected chi connectivity index (χ1v) is 11.4. The molecule has 2 heterocycles. The number of benzene rings is 1. The van der Waals surface area contributed by atoms with Crippen molar-refractivity contribution in [3.63, 3.8) is 0 Å². The van der Waals surface area contributed by atoms with Gasteiger partial charge in [-0.2, -0.15) is 13.2 Å². The van der Waals surface area contributed by atoms with E-state index < -0.39 is 12.6 Å². The second-order valence-corrected chi connectivity index (χ2v) is 8.33. The predicted octanol–water partition coefficient (Wildman–Crippen LogP) is 3.61. The molecule has 3 aromatic rings. The lowest BCUT2D eigenvalue weighted by molar-refractivity contribution is -0.134. The molecule has 3 rings (SSSR count). The van der Waals surface area contributed by atoms with Crippen molar-refractivity contribution in [2.24, 2.45) is 17.8 Å². The fourth-order valence-corrected chi connectivity index (χ4v) is 3.47. The van der Waals surface area contributed by atoms with Crippen molar-refractivity contribution in [3.05, 3.63) is 52.3 Å².